The van der Waals surface area contributed by atoms with Crippen LogP contribution in [0.2, 0.25) is 0 Å². The SMILES string of the molecule is Cc1cccc2c(=O)nc(C3C=CC=CN3)sc12. The van der Waals surface area contributed by atoms with Crippen LogP contribution in [0, 0.1) is 6.92 Å². The van der Waals surface area contributed by atoms with Crippen molar-refractivity contribution in [3.8, 4) is 0 Å². The van der Waals surface area contributed by atoms with Crippen LogP contribution in [-0.2, 0) is 0 Å². The first kappa shape index (κ1) is 11.2. The lowest BCUT2D eigenvalue weighted by Crippen LogP contribution is -2.19. The fourth-order valence-corrected chi connectivity index (χ4v) is 3.08. The van der Waals surface area contributed by atoms with Crippen molar-refractivity contribution in [3.05, 3.63) is 63.6 Å². The molecule has 1 aliphatic heterocycles. The van der Waals surface area contributed by atoms with Crippen molar-refractivity contribution in [2.24, 2.45) is 0 Å². The highest BCUT2D eigenvalue weighted by Gasteiger charge is 2.13. The van der Waals surface area contributed by atoms with E-state index in [4.69, 9.17) is 0 Å². The van der Waals surface area contributed by atoms with Gasteiger partial charge in [-0.1, -0.05) is 24.3 Å². The van der Waals surface area contributed by atoms with Gasteiger partial charge in [0.2, 0.25) is 0 Å². The van der Waals surface area contributed by atoms with Crippen molar-refractivity contribution in [2.45, 2.75) is 13.0 Å². The van der Waals surface area contributed by atoms with Crippen molar-refractivity contribution < 1.29 is 0 Å². The van der Waals surface area contributed by atoms with Gasteiger partial charge in [-0.3, -0.25) is 4.79 Å². The molecule has 2 heterocycles. The van der Waals surface area contributed by atoms with Gasteiger partial charge in [-0.25, -0.2) is 4.98 Å². The molecule has 2 aromatic rings. The minimum Gasteiger partial charge on any atom is -0.379 e. The number of hydrogen-bond acceptors (Lipinski definition) is 4. The molecule has 0 bridgehead atoms. The molecular formula is C14H12N2OS. The number of fused-ring (bicyclic) bond motifs is 1. The number of benzene rings is 1. The number of hydrogen-bond donors (Lipinski definition) is 1. The average Bonchev–Trinajstić information content (AvgIpc) is 2.41. The maximum absolute atomic E-state index is 12.0. The zero-order chi connectivity index (χ0) is 12.5. The first-order chi connectivity index (χ1) is 8.75. The second kappa shape index (κ2) is 4.38. The molecule has 0 fully saturated rings. The molecule has 3 nitrogen and oxygen atoms in total. The van der Waals surface area contributed by atoms with Crippen LogP contribution in [0.5, 0.6) is 0 Å². The van der Waals surface area contributed by atoms with E-state index < -0.39 is 0 Å². The van der Waals surface area contributed by atoms with Gasteiger partial charge < -0.3 is 5.32 Å². The van der Waals surface area contributed by atoms with E-state index in [0.717, 1.165) is 15.3 Å². The van der Waals surface area contributed by atoms with Crippen LogP contribution >= 0.6 is 11.3 Å². The highest BCUT2D eigenvalue weighted by molar-refractivity contribution is 7.18. The molecule has 1 atom stereocenters. The second-order valence-corrected chi connectivity index (χ2v) is 5.23. The summed E-state index contributed by atoms with van der Waals surface area (Å²) in [5.74, 6) is 0. The Morgan fingerprint density at radius 1 is 1.33 bits per heavy atom. The number of dihydropyridines is 1. The molecule has 1 aromatic carbocycles. The van der Waals surface area contributed by atoms with Crippen LogP contribution in [-0.4, -0.2) is 4.98 Å². The Kier molecular flexibility index (Phi) is 2.72. The summed E-state index contributed by atoms with van der Waals surface area (Å²) in [5, 5.41) is 4.70. The Morgan fingerprint density at radius 2 is 2.22 bits per heavy atom. The zero-order valence-electron chi connectivity index (χ0n) is 9.88. The highest BCUT2D eigenvalue weighted by Crippen LogP contribution is 2.26. The highest BCUT2D eigenvalue weighted by atomic mass is 32.1. The number of nitrogens with zero attached hydrogens (tertiary/aromatic N) is 1. The maximum Gasteiger partial charge on any atom is 0.279 e. The predicted octanol–water partition coefficient (Wildman–Crippen LogP) is 2.68. The Hall–Kier alpha value is -1.94. The maximum atomic E-state index is 12.0. The van der Waals surface area contributed by atoms with Gasteiger partial charge in [0, 0.05) is 4.70 Å². The van der Waals surface area contributed by atoms with Gasteiger partial charge in [0.1, 0.15) is 5.01 Å². The normalized spacial score (nSPS) is 17.9. The van der Waals surface area contributed by atoms with E-state index in [2.05, 4.69) is 10.3 Å². The minimum atomic E-state index is -0.146. The van der Waals surface area contributed by atoms with Gasteiger partial charge >= 0.3 is 0 Å². The number of allylic oxidation sites excluding steroid dienone is 2. The van der Waals surface area contributed by atoms with Gasteiger partial charge in [-0.15, -0.1) is 11.3 Å². The first-order valence-electron chi connectivity index (χ1n) is 5.75. The fraction of sp³-hybridized carbons (Fsp3) is 0.143. The van der Waals surface area contributed by atoms with Crippen LogP contribution < -0.4 is 10.9 Å². The summed E-state index contributed by atoms with van der Waals surface area (Å²) in [6, 6.07) is 5.75. The summed E-state index contributed by atoms with van der Waals surface area (Å²) in [7, 11) is 0. The molecule has 1 N–H and O–H groups in total. The molecule has 0 radical (unpaired) electrons. The molecule has 0 aliphatic carbocycles. The molecule has 0 amide bonds. The van der Waals surface area contributed by atoms with Gasteiger partial charge in [0.25, 0.3) is 5.56 Å². The van der Waals surface area contributed by atoms with Crippen molar-refractivity contribution in [3.63, 3.8) is 0 Å². The molecule has 0 saturated heterocycles. The molecule has 90 valence electrons. The predicted molar refractivity (Wildman–Crippen MR) is 74.8 cm³/mol. The number of rotatable bonds is 1. The molecule has 18 heavy (non-hydrogen) atoms. The third-order valence-corrected chi connectivity index (χ3v) is 4.21. The van der Waals surface area contributed by atoms with E-state index in [1.807, 2.05) is 49.6 Å². The smallest absolute Gasteiger partial charge is 0.279 e. The standard InChI is InChI=1S/C14H12N2OS/c1-9-5-4-6-10-12(9)18-14(16-13(10)17)11-7-2-3-8-15-11/h2-8,11,15H,1H3. The van der Waals surface area contributed by atoms with E-state index >= 15 is 0 Å². The Labute approximate surface area is 108 Å². The molecule has 4 heteroatoms. The van der Waals surface area contributed by atoms with Gasteiger partial charge in [0.15, 0.2) is 0 Å². The summed E-state index contributed by atoms with van der Waals surface area (Å²) >= 11 is 1.58. The molecule has 0 spiro atoms. The first-order valence-corrected chi connectivity index (χ1v) is 6.57. The monoisotopic (exact) mass is 256 g/mol. The number of aryl methyl sites for hydroxylation is 1. The molecule has 1 aromatic heterocycles. The quantitative estimate of drug-likeness (QED) is 0.853. The van der Waals surface area contributed by atoms with Crippen LogP contribution in [0.1, 0.15) is 16.6 Å². The van der Waals surface area contributed by atoms with Gasteiger partial charge in [-0.05, 0) is 30.8 Å². The number of aromatic nitrogens is 1. The van der Waals surface area contributed by atoms with Gasteiger partial charge in [0.05, 0.1) is 11.4 Å². The Morgan fingerprint density at radius 3 is 3.00 bits per heavy atom. The second-order valence-electron chi connectivity index (χ2n) is 4.20. The van der Waals surface area contributed by atoms with E-state index in [1.165, 1.54) is 0 Å². The van der Waals surface area contributed by atoms with Crippen molar-refractivity contribution >= 4 is 21.4 Å². The third-order valence-electron chi connectivity index (χ3n) is 2.91. The van der Waals surface area contributed by atoms with E-state index in [0.29, 0.717) is 5.39 Å². The zero-order valence-corrected chi connectivity index (χ0v) is 10.7. The van der Waals surface area contributed by atoms with Crippen molar-refractivity contribution in [2.75, 3.05) is 0 Å². The topological polar surface area (TPSA) is 42.0 Å². The molecule has 0 saturated carbocycles. The number of nitrogens with one attached hydrogen (secondary N) is 1. The summed E-state index contributed by atoms with van der Waals surface area (Å²) in [5.41, 5.74) is 0.973. The molecule has 3 rings (SSSR count). The van der Waals surface area contributed by atoms with Gasteiger partial charge in [-0.2, -0.15) is 0 Å². The van der Waals surface area contributed by atoms with Crippen molar-refractivity contribution in [1.29, 1.82) is 0 Å². The third kappa shape index (κ3) is 1.84. The largest absolute Gasteiger partial charge is 0.379 e. The lowest BCUT2D eigenvalue weighted by atomic mass is 10.2. The molecule has 1 unspecified atom stereocenters. The molecular weight excluding hydrogens is 244 g/mol. The fourth-order valence-electron chi connectivity index (χ4n) is 1.98. The summed E-state index contributed by atoms with van der Waals surface area (Å²) in [6.45, 7) is 2.02. The minimum absolute atomic E-state index is 0.00305. The van der Waals surface area contributed by atoms with Crippen molar-refractivity contribution in [1.82, 2.24) is 10.3 Å². The average molecular weight is 256 g/mol. The van der Waals surface area contributed by atoms with Crippen LogP contribution in [0.15, 0.2) is 47.4 Å². The molecule has 1 aliphatic rings. The lowest BCUT2D eigenvalue weighted by molar-refractivity contribution is 0.735. The van der Waals surface area contributed by atoms with E-state index in [1.54, 1.807) is 11.3 Å². The van der Waals surface area contributed by atoms with E-state index in [-0.39, 0.29) is 11.6 Å². The summed E-state index contributed by atoms with van der Waals surface area (Å²) in [4.78, 5) is 16.2. The summed E-state index contributed by atoms with van der Waals surface area (Å²) < 4.78 is 1.03. The van der Waals surface area contributed by atoms with Crippen LogP contribution in [0.25, 0.3) is 10.1 Å². The summed E-state index contributed by atoms with van der Waals surface area (Å²) in [6.07, 6.45) is 7.75. The van der Waals surface area contributed by atoms with Crippen LogP contribution in [0.3, 0.4) is 0 Å². The van der Waals surface area contributed by atoms with Crippen LogP contribution in [0.4, 0.5) is 0 Å². The Bertz CT molecular complexity index is 715. The Balaban J connectivity index is 2.20. The lowest BCUT2D eigenvalue weighted by Gasteiger charge is -2.14. The van der Waals surface area contributed by atoms with E-state index in [9.17, 15) is 4.79 Å².